The monoisotopic (exact) mass is 374 g/mol. The van der Waals surface area contributed by atoms with Crippen molar-refractivity contribution in [3.8, 4) is 17.3 Å². The molecule has 0 saturated carbocycles. The highest BCUT2D eigenvalue weighted by Crippen LogP contribution is 2.29. The summed E-state index contributed by atoms with van der Waals surface area (Å²) in [6.07, 6.45) is 4.52. The summed E-state index contributed by atoms with van der Waals surface area (Å²) in [5, 5.41) is 13.9. The lowest BCUT2D eigenvalue weighted by Gasteiger charge is -2.30. The van der Waals surface area contributed by atoms with E-state index in [4.69, 9.17) is 0 Å². The molecule has 0 bridgehead atoms. The van der Waals surface area contributed by atoms with Crippen molar-refractivity contribution in [3.05, 3.63) is 41.9 Å². The second-order valence-corrected chi connectivity index (χ2v) is 7.85. The summed E-state index contributed by atoms with van der Waals surface area (Å²) in [7, 11) is 4.13. The molecule has 1 saturated heterocycles. The smallest absolute Gasteiger partial charge is 0.234 e. The van der Waals surface area contributed by atoms with E-state index in [1.165, 1.54) is 24.9 Å². The van der Waals surface area contributed by atoms with Crippen molar-refractivity contribution >= 4 is 16.7 Å². The summed E-state index contributed by atoms with van der Waals surface area (Å²) < 4.78 is 1.92. The van der Waals surface area contributed by atoms with Gasteiger partial charge in [-0.05, 0) is 63.0 Å². The number of nitrogens with one attached hydrogen (secondary N) is 1. The maximum Gasteiger partial charge on any atom is 0.234 e. The van der Waals surface area contributed by atoms with Crippen LogP contribution in [-0.4, -0.2) is 46.1 Å². The minimum absolute atomic E-state index is 0.200. The second kappa shape index (κ2) is 7.61. The van der Waals surface area contributed by atoms with Gasteiger partial charge in [0, 0.05) is 43.0 Å². The Morgan fingerprint density at radius 2 is 2.11 bits per heavy atom. The Bertz CT molecular complexity index is 1050. The van der Waals surface area contributed by atoms with Crippen LogP contribution >= 0.6 is 0 Å². The summed E-state index contributed by atoms with van der Waals surface area (Å²) in [5.74, 6) is 0.896. The molecule has 0 aliphatic carbocycles. The van der Waals surface area contributed by atoms with Gasteiger partial charge in [-0.15, -0.1) is 0 Å². The number of anilines is 1. The fraction of sp³-hybridized carbons (Fsp3) is 0.409. The van der Waals surface area contributed by atoms with Crippen LogP contribution in [0.4, 0.5) is 5.69 Å². The summed E-state index contributed by atoms with van der Waals surface area (Å²) in [6, 6.07) is 10.4. The first kappa shape index (κ1) is 18.5. The summed E-state index contributed by atoms with van der Waals surface area (Å²) in [5.41, 5.74) is 4.95. The van der Waals surface area contributed by atoms with E-state index in [0.717, 1.165) is 41.1 Å². The topological polar surface area (TPSA) is 69.8 Å². The zero-order valence-electron chi connectivity index (χ0n) is 16.7. The average molecular weight is 374 g/mol. The normalized spacial score (nSPS) is 17.6. The van der Waals surface area contributed by atoms with Crippen molar-refractivity contribution in [3.63, 3.8) is 0 Å². The van der Waals surface area contributed by atoms with E-state index in [1.54, 1.807) is 0 Å². The van der Waals surface area contributed by atoms with Gasteiger partial charge in [0.1, 0.15) is 11.7 Å². The Morgan fingerprint density at radius 3 is 2.86 bits per heavy atom. The third-order valence-electron chi connectivity index (χ3n) is 5.63. The Kier molecular flexibility index (Phi) is 5.01. The van der Waals surface area contributed by atoms with Gasteiger partial charge in [-0.2, -0.15) is 5.26 Å². The Hall–Kier alpha value is -2.91. The molecule has 1 atom stereocenters. The van der Waals surface area contributed by atoms with Crippen LogP contribution in [0.1, 0.15) is 24.2 Å². The maximum absolute atomic E-state index is 9.31. The van der Waals surface area contributed by atoms with Crippen molar-refractivity contribution in [2.24, 2.45) is 13.0 Å². The molecule has 2 aromatic heterocycles. The molecule has 0 radical (unpaired) electrons. The highest BCUT2D eigenvalue weighted by atomic mass is 15.1. The fourth-order valence-corrected chi connectivity index (χ4v) is 4.11. The van der Waals surface area contributed by atoms with Gasteiger partial charge in [-0.3, -0.25) is 0 Å². The molecule has 0 spiro atoms. The fourth-order valence-electron chi connectivity index (χ4n) is 4.11. The van der Waals surface area contributed by atoms with Gasteiger partial charge in [-0.25, -0.2) is 9.97 Å². The number of aryl methyl sites for hydroxylation is 2. The molecule has 6 nitrogen and oxygen atoms in total. The molecule has 3 aromatic rings. The molecule has 144 valence electrons. The third kappa shape index (κ3) is 3.58. The van der Waals surface area contributed by atoms with Gasteiger partial charge in [0.05, 0.1) is 5.69 Å². The first-order valence-electron chi connectivity index (χ1n) is 9.82. The quantitative estimate of drug-likeness (QED) is 0.756. The van der Waals surface area contributed by atoms with Crippen molar-refractivity contribution in [2.45, 2.75) is 19.8 Å². The van der Waals surface area contributed by atoms with Crippen LogP contribution in [0.3, 0.4) is 0 Å². The number of likely N-dealkylation sites (tertiary alicyclic amines) is 1. The van der Waals surface area contributed by atoms with Crippen LogP contribution in [0.5, 0.6) is 0 Å². The summed E-state index contributed by atoms with van der Waals surface area (Å²) >= 11 is 0. The van der Waals surface area contributed by atoms with E-state index < -0.39 is 0 Å². The first-order valence-corrected chi connectivity index (χ1v) is 9.82. The van der Waals surface area contributed by atoms with E-state index in [-0.39, 0.29) is 5.82 Å². The van der Waals surface area contributed by atoms with E-state index in [1.807, 2.05) is 23.9 Å². The Balaban J connectivity index is 1.60. The average Bonchev–Trinajstić information content (AvgIpc) is 3.07. The van der Waals surface area contributed by atoms with Crippen LogP contribution in [0, 0.1) is 24.2 Å². The number of benzene rings is 1. The van der Waals surface area contributed by atoms with Gasteiger partial charge in [0.25, 0.3) is 0 Å². The number of rotatable bonds is 4. The number of hydrogen-bond acceptors (Lipinski definition) is 5. The van der Waals surface area contributed by atoms with E-state index >= 15 is 0 Å². The zero-order valence-corrected chi connectivity index (χ0v) is 16.7. The molecule has 4 rings (SSSR count). The SMILES string of the molecule is Cc1cc(-c2nc(C#N)nc3c2ccn3C)ccc1NC[C@H]1CCCN(C)C1. The predicted molar refractivity (Wildman–Crippen MR) is 112 cm³/mol. The maximum atomic E-state index is 9.31. The Labute approximate surface area is 165 Å². The largest absolute Gasteiger partial charge is 0.385 e. The van der Waals surface area contributed by atoms with Crippen LogP contribution in [0.25, 0.3) is 22.3 Å². The molecule has 1 fully saturated rings. The van der Waals surface area contributed by atoms with E-state index in [9.17, 15) is 5.26 Å². The van der Waals surface area contributed by atoms with Crippen molar-refractivity contribution < 1.29 is 0 Å². The van der Waals surface area contributed by atoms with Crippen molar-refractivity contribution in [2.75, 3.05) is 32.0 Å². The minimum Gasteiger partial charge on any atom is -0.385 e. The molecule has 1 aromatic carbocycles. The predicted octanol–water partition coefficient (Wildman–Crippen LogP) is 3.57. The van der Waals surface area contributed by atoms with Gasteiger partial charge >= 0.3 is 0 Å². The highest BCUT2D eigenvalue weighted by Gasteiger charge is 2.17. The summed E-state index contributed by atoms with van der Waals surface area (Å²) in [6.45, 7) is 5.49. The van der Waals surface area contributed by atoms with Gasteiger partial charge < -0.3 is 14.8 Å². The molecule has 6 heteroatoms. The lowest BCUT2D eigenvalue weighted by Crippen LogP contribution is -2.35. The van der Waals surface area contributed by atoms with Crippen LogP contribution in [0.15, 0.2) is 30.5 Å². The molecule has 1 aliphatic rings. The number of hydrogen-bond donors (Lipinski definition) is 1. The zero-order chi connectivity index (χ0) is 19.7. The second-order valence-electron chi connectivity index (χ2n) is 7.85. The minimum atomic E-state index is 0.200. The number of piperidine rings is 1. The van der Waals surface area contributed by atoms with Crippen molar-refractivity contribution in [1.82, 2.24) is 19.4 Å². The van der Waals surface area contributed by atoms with Crippen LogP contribution < -0.4 is 5.32 Å². The molecular weight excluding hydrogens is 348 g/mol. The van der Waals surface area contributed by atoms with Gasteiger partial charge in [0.2, 0.25) is 5.82 Å². The molecule has 28 heavy (non-hydrogen) atoms. The van der Waals surface area contributed by atoms with Crippen LogP contribution in [0.2, 0.25) is 0 Å². The number of fused-ring (bicyclic) bond motifs is 1. The Morgan fingerprint density at radius 1 is 1.25 bits per heavy atom. The molecule has 0 amide bonds. The number of nitriles is 1. The third-order valence-corrected chi connectivity index (χ3v) is 5.63. The lowest BCUT2D eigenvalue weighted by molar-refractivity contribution is 0.217. The van der Waals surface area contributed by atoms with Gasteiger partial charge in [0.15, 0.2) is 0 Å². The first-order chi connectivity index (χ1) is 13.5. The standard InChI is InChI=1S/C22H26N6/c1-15-11-17(6-7-19(15)24-13-16-5-4-9-27(2)14-16)21-18-8-10-28(3)22(18)26-20(12-23)25-21/h6-8,10-11,16,24H,4-5,9,13-14H2,1-3H3/t16-/m1/s1. The van der Waals surface area contributed by atoms with Crippen molar-refractivity contribution in [1.29, 1.82) is 5.26 Å². The van der Waals surface area contributed by atoms with E-state index in [2.05, 4.69) is 58.4 Å². The van der Waals surface area contributed by atoms with Gasteiger partial charge in [-0.1, -0.05) is 6.07 Å². The van der Waals surface area contributed by atoms with E-state index in [0.29, 0.717) is 5.92 Å². The molecular formula is C22H26N6. The molecule has 3 heterocycles. The molecule has 1 N–H and O–H groups in total. The highest BCUT2D eigenvalue weighted by molar-refractivity contribution is 5.91. The molecule has 0 unspecified atom stereocenters. The van der Waals surface area contributed by atoms with Crippen LogP contribution in [-0.2, 0) is 7.05 Å². The molecule has 1 aliphatic heterocycles. The lowest BCUT2D eigenvalue weighted by atomic mass is 9.98. The number of nitrogens with zero attached hydrogens (tertiary/aromatic N) is 5. The number of aromatic nitrogens is 3. The summed E-state index contributed by atoms with van der Waals surface area (Å²) in [4.78, 5) is 11.2.